The van der Waals surface area contributed by atoms with Crippen LogP contribution in [0.2, 0.25) is 0 Å². The van der Waals surface area contributed by atoms with Crippen molar-refractivity contribution < 1.29 is 0 Å². The molecular formula is C15H26IN5S. The molecule has 2 N–H and O–H groups in total. The highest BCUT2D eigenvalue weighted by molar-refractivity contribution is 14.0. The van der Waals surface area contributed by atoms with Crippen LogP contribution in [0.1, 0.15) is 30.3 Å². The highest BCUT2D eigenvalue weighted by atomic mass is 127. The van der Waals surface area contributed by atoms with Crippen molar-refractivity contribution in [1.82, 2.24) is 20.5 Å². The second-order valence-corrected chi connectivity index (χ2v) is 7.14. The smallest absolute Gasteiger partial charge is 0.191 e. The van der Waals surface area contributed by atoms with Gasteiger partial charge < -0.3 is 10.6 Å². The number of nitrogens with one attached hydrogen (secondary N) is 2. The molecule has 7 heteroatoms. The molecule has 5 nitrogen and oxygen atoms in total. The zero-order chi connectivity index (χ0) is 14.8. The minimum Gasteiger partial charge on any atom is -0.352 e. The van der Waals surface area contributed by atoms with E-state index in [2.05, 4.69) is 39.4 Å². The molecule has 1 aliphatic heterocycles. The molecule has 2 fully saturated rings. The SMILES string of the molecule is CN=C(NCc1scnc1C)NC1CN(C2CC2)CC1C.I. The van der Waals surface area contributed by atoms with Gasteiger partial charge in [-0.2, -0.15) is 0 Å². The number of hydrogen-bond acceptors (Lipinski definition) is 4. The van der Waals surface area contributed by atoms with E-state index in [1.54, 1.807) is 11.3 Å². The van der Waals surface area contributed by atoms with E-state index in [0.717, 1.165) is 30.8 Å². The van der Waals surface area contributed by atoms with E-state index >= 15 is 0 Å². The van der Waals surface area contributed by atoms with Gasteiger partial charge in [0.2, 0.25) is 0 Å². The summed E-state index contributed by atoms with van der Waals surface area (Å²) >= 11 is 1.69. The lowest BCUT2D eigenvalue weighted by Gasteiger charge is -2.20. The molecule has 1 aliphatic carbocycles. The molecule has 3 rings (SSSR count). The predicted molar refractivity (Wildman–Crippen MR) is 103 cm³/mol. The van der Waals surface area contributed by atoms with E-state index in [1.807, 2.05) is 12.6 Å². The topological polar surface area (TPSA) is 52.6 Å². The van der Waals surface area contributed by atoms with E-state index in [1.165, 1.54) is 24.3 Å². The van der Waals surface area contributed by atoms with Crippen molar-refractivity contribution in [2.75, 3.05) is 20.1 Å². The van der Waals surface area contributed by atoms with Crippen molar-refractivity contribution in [3.63, 3.8) is 0 Å². The Kier molecular flexibility index (Phi) is 6.46. The monoisotopic (exact) mass is 435 g/mol. The van der Waals surface area contributed by atoms with Crippen LogP contribution in [0.25, 0.3) is 0 Å². The van der Waals surface area contributed by atoms with Crippen molar-refractivity contribution in [2.45, 2.75) is 45.3 Å². The van der Waals surface area contributed by atoms with Gasteiger partial charge in [-0.3, -0.25) is 9.89 Å². The second kappa shape index (κ2) is 7.92. The van der Waals surface area contributed by atoms with Crippen LogP contribution in [0, 0.1) is 12.8 Å². The molecule has 0 amide bonds. The third-order valence-corrected chi connectivity index (χ3v) is 5.45. The molecular weight excluding hydrogens is 409 g/mol. The minimum absolute atomic E-state index is 0. The average Bonchev–Trinajstić information content (AvgIpc) is 3.15. The molecule has 2 unspecified atom stereocenters. The van der Waals surface area contributed by atoms with E-state index in [-0.39, 0.29) is 24.0 Å². The molecule has 0 bridgehead atoms. The number of thiazole rings is 1. The number of aryl methyl sites for hydroxylation is 1. The molecule has 1 aromatic rings. The number of guanidine groups is 1. The molecule has 124 valence electrons. The van der Waals surface area contributed by atoms with Crippen LogP contribution < -0.4 is 10.6 Å². The second-order valence-electron chi connectivity index (χ2n) is 6.20. The van der Waals surface area contributed by atoms with Crippen LogP contribution in [-0.4, -0.2) is 48.1 Å². The lowest BCUT2D eigenvalue weighted by molar-refractivity contribution is 0.315. The fraction of sp³-hybridized carbons (Fsp3) is 0.733. The Morgan fingerprint density at radius 3 is 2.82 bits per heavy atom. The largest absolute Gasteiger partial charge is 0.352 e. The number of hydrogen-bond donors (Lipinski definition) is 2. The lowest BCUT2D eigenvalue weighted by Crippen LogP contribution is -2.46. The van der Waals surface area contributed by atoms with Crippen LogP contribution in [0.15, 0.2) is 10.5 Å². The maximum absolute atomic E-state index is 4.36. The van der Waals surface area contributed by atoms with Gasteiger partial charge in [0.1, 0.15) is 0 Å². The molecule has 2 aliphatic rings. The normalized spacial score (nSPS) is 25.9. The first-order valence-electron chi connectivity index (χ1n) is 7.77. The fourth-order valence-corrected chi connectivity index (χ4v) is 3.68. The average molecular weight is 435 g/mol. The summed E-state index contributed by atoms with van der Waals surface area (Å²) in [6.07, 6.45) is 2.77. The molecule has 22 heavy (non-hydrogen) atoms. The number of aliphatic imine (C=N–C) groups is 1. The first-order chi connectivity index (χ1) is 10.2. The highest BCUT2D eigenvalue weighted by Gasteiger charge is 2.38. The Balaban J connectivity index is 0.00000176. The molecule has 0 aromatic carbocycles. The number of nitrogens with zero attached hydrogens (tertiary/aromatic N) is 3. The van der Waals surface area contributed by atoms with Gasteiger partial charge in [-0.1, -0.05) is 6.92 Å². The summed E-state index contributed by atoms with van der Waals surface area (Å²) in [5.41, 5.74) is 3.01. The van der Waals surface area contributed by atoms with Gasteiger partial charge >= 0.3 is 0 Å². The van der Waals surface area contributed by atoms with E-state index in [4.69, 9.17) is 0 Å². The Morgan fingerprint density at radius 2 is 2.23 bits per heavy atom. The third kappa shape index (κ3) is 4.32. The first-order valence-corrected chi connectivity index (χ1v) is 8.65. The van der Waals surface area contributed by atoms with Gasteiger partial charge in [0.05, 0.1) is 17.7 Å². The third-order valence-electron chi connectivity index (χ3n) is 4.51. The molecule has 0 radical (unpaired) electrons. The van der Waals surface area contributed by atoms with Gasteiger partial charge in [0.25, 0.3) is 0 Å². The highest BCUT2D eigenvalue weighted by Crippen LogP contribution is 2.31. The van der Waals surface area contributed by atoms with Crippen LogP contribution in [0.4, 0.5) is 0 Å². The summed E-state index contributed by atoms with van der Waals surface area (Å²) in [5.74, 6) is 1.58. The number of aromatic nitrogens is 1. The van der Waals surface area contributed by atoms with Crippen LogP contribution >= 0.6 is 35.3 Å². The quantitative estimate of drug-likeness (QED) is 0.433. The van der Waals surface area contributed by atoms with Crippen molar-refractivity contribution in [2.24, 2.45) is 10.9 Å². The minimum atomic E-state index is 0. The van der Waals surface area contributed by atoms with Gasteiger partial charge in [-0.25, -0.2) is 4.98 Å². The number of rotatable bonds is 4. The molecule has 1 aromatic heterocycles. The van der Waals surface area contributed by atoms with E-state index in [9.17, 15) is 0 Å². The van der Waals surface area contributed by atoms with Crippen LogP contribution in [0.5, 0.6) is 0 Å². The molecule has 2 heterocycles. The van der Waals surface area contributed by atoms with Crippen molar-refractivity contribution >= 4 is 41.3 Å². The van der Waals surface area contributed by atoms with Gasteiger partial charge in [-0.15, -0.1) is 35.3 Å². The molecule has 0 spiro atoms. The maximum atomic E-state index is 4.36. The predicted octanol–water partition coefficient (Wildman–Crippen LogP) is 2.22. The van der Waals surface area contributed by atoms with Crippen LogP contribution in [-0.2, 0) is 6.54 Å². The summed E-state index contributed by atoms with van der Waals surface area (Å²) in [4.78, 5) is 12.5. The fourth-order valence-electron chi connectivity index (χ4n) is 2.96. The Hall–Kier alpha value is -0.410. The summed E-state index contributed by atoms with van der Waals surface area (Å²) in [5, 5.41) is 7.00. The summed E-state index contributed by atoms with van der Waals surface area (Å²) in [6, 6.07) is 1.36. The standard InChI is InChI=1S/C15H25N5S.HI/c1-10-7-20(12-4-5-12)8-13(10)19-15(16-3)17-6-14-11(2)18-9-21-14;/h9-10,12-13H,4-8H2,1-3H3,(H2,16,17,19);1H. The summed E-state index contributed by atoms with van der Waals surface area (Å²) in [7, 11) is 1.84. The summed E-state index contributed by atoms with van der Waals surface area (Å²) < 4.78 is 0. The van der Waals surface area contributed by atoms with Gasteiger partial charge in [-0.05, 0) is 25.7 Å². The van der Waals surface area contributed by atoms with Crippen molar-refractivity contribution in [3.05, 3.63) is 16.1 Å². The van der Waals surface area contributed by atoms with Gasteiger partial charge in [0.15, 0.2) is 5.96 Å². The zero-order valence-corrected chi connectivity index (χ0v) is 16.6. The van der Waals surface area contributed by atoms with Crippen molar-refractivity contribution in [1.29, 1.82) is 0 Å². The first kappa shape index (κ1) is 17.9. The van der Waals surface area contributed by atoms with E-state index in [0.29, 0.717) is 12.0 Å². The summed E-state index contributed by atoms with van der Waals surface area (Å²) in [6.45, 7) is 7.54. The number of likely N-dealkylation sites (tertiary alicyclic amines) is 1. The van der Waals surface area contributed by atoms with Gasteiger partial charge in [0, 0.05) is 37.1 Å². The van der Waals surface area contributed by atoms with Crippen molar-refractivity contribution in [3.8, 4) is 0 Å². The van der Waals surface area contributed by atoms with Crippen LogP contribution in [0.3, 0.4) is 0 Å². The maximum Gasteiger partial charge on any atom is 0.191 e. The molecule has 1 saturated carbocycles. The molecule has 1 saturated heterocycles. The Labute approximate surface area is 154 Å². The lowest BCUT2D eigenvalue weighted by atomic mass is 10.1. The number of halogens is 1. The zero-order valence-electron chi connectivity index (χ0n) is 13.5. The van der Waals surface area contributed by atoms with E-state index < -0.39 is 0 Å². The molecule has 2 atom stereocenters. The Bertz CT molecular complexity index is 514. The Morgan fingerprint density at radius 1 is 1.45 bits per heavy atom.